The molecule has 2 amide bonds. The van der Waals surface area contributed by atoms with Crippen LogP contribution in [0.4, 0.5) is 5.69 Å². The Balaban J connectivity index is 1.46. The van der Waals surface area contributed by atoms with E-state index in [1.54, 1.807) is 4.90 Å². The molecule has 2 aliphatic carbocycles. The van der Waals surface area contributed by atoms with Crippen molar-refractivity contribution in [1.82, 2.24) is 5.32 Å². The largest absolute Gasteiger partial charge is 0.356 e. The highest BCUT2D eigenvalue weighted by molar-refractivity contribution is 5.95. The van der Waals surface area contributed by atoms with Gasteiger partial charge in [-0.1, -0.05) is 36.4 Å². The van der Waals surface area contributed by atoms with Gasteiger partial charge in [-0.05, 0) is 48.8 Å². The second-order valence-corrected chi connectivity index (χ2v) is 7.65. The molecule has 136 valence electrons. The van der Waals surface area contributed by atoms with Crippen molar-refractivity contribution < 1.29 is 9.59 Å². The minimum atomic E-state index is 0.190. The summed E-state index contributed by atoms with van der Waals surface area (Å²) in [5.74, 6) is 1.40. The van der Waals surface area contributed by atoms with Gasteiger partial charge >= 0.3 is 0 Å². The topological polar surface area (TPSA) is 49.4 Å². The quantitative estimate of drug-likeness (QED) is 0.885. The molecule has 3 aliphatic rings. The van der Waals surface area contributed by atoms with Crippen molar-refractivity contribution in [2.45, 2.75) is 38.0 Å². The van der Waals surface area contributed by atoms with Gasteiger partial charge in [0.05, 0.1) is 0 Å². The first kappa shape index (κ1) is 17.1. The molecule has 0 saturated heterocycles. The molecule has 26 heavy (non-hydrogen) atoms. The van der Waals surface area contributed by atoms with E-state index >= 15 is 0 Å². The third kappa shape index (κ3) is 3.46. The fourth-order valence-electron chi connectivity index (χ4n) is 4.02. The summed E-state index contributed by atoms with van der Waals surface area (Å²) in [5.41, 5.74) is 3.59. The maximum Gasteiger partial charge on any atom is 0.227 e. The fourth-order valence-corrected chi connectivity index (χ4v) is 4.02. The molecule has 4 heteroatoms. The summed E-state index contributed by atoms with van der Waals surface area (Å²) in [6, 6.07) is 6.50. The molecule has 4 rings (SSSR count). The number of allylic oxidation sites excluding steroid dienone is 4. The van der Waals surface area contributed by atoms with Crippen LogP contribution in [0.15, 0.2) is 42.5 Å². The van der Waals surface area contributed by atoms with E-state index in [1.165, 1.54) is 11.1 Å². The second-order valence-electron chi connectivity index (χ2n) is 7.65. The molecule has 1 saturated carbocycles. The molecule has 0 bridgehead atoms. The Bertz CT molecular complexity index is 776. The summed E-state index contributed by atoms with van der Waals surface area (Å²) in [4.78, 5) is 25.5. The zero-order valence-corrected chi connectivity index (χ0v) is 15.3. The molecule has 4 nitrogen and oxygen atoms in total. The lowest BCUT2D eigenvalue weighted by atomic mass is 9.80. The highest BCUT2D eigenvalue weighted by atomic mass is 16.2. The first-order valence-electron chi connectivity index (χ1n) is 9.65. The average Bonchev–Trinajstić information content (AvgIpc) is 3.50. The van der Waals surface area contributed by atoms with Gasteiger partial charge in [0.25, 0.3) is 0 Å². The highest BCUT2D eigenvalue weighted by Gasteiger charge is 2.30. The minimum Gasteiger partial charge on any atom is -0.356 e. The lowest BCUT2D eigenvalue weighted by Crippen LogP contribution is -2.31. The number of nitrogens with one attached hydrogen (secondary N) is 1. The molecule has 0 aromatic heterocycles. The van der Waals surface area contributed by atoms with Gasteiger partial charge in [0.2, 0.25) is 11.8 Å². The van der Waals surface area contributed by atoms with Gasteiger partial charge < -0.3 is 10.2 Å². The van der Waals surface area contributed by atoms with Gasteiger partial charge in [0.1, 0.15) is 0 Å². The van der Waals surface area contributed by atoms with Crippen molar-refractivity contribution in [3.8, 4) is 0 Å². The van der Waals surface area contributed by atoms with Gasteiger partial charge in [-0.2, -0.15) is 0 Å². The van der Waals surface area contributed by atoms with Crippen molar-refractivity contribution in [1.29, 1.82) is 0 Å². The molecule has 0 spiro atoms. The zero-order valence-electron chi connectivity index (χ0n) is 15.3. The number of hydrogen-bond acceptors (Lipinski definition) is 2. The van der Waals surface area contributed by atoms with Crippen LogP contribution in [-0.2, 0) is 16.0 Å². The van der Waals surface area contributed by atoms with E-state index < -0.39 is 0 Å². The molecule has 1 aromatic rings. The predicted octanol–water partition coefficient (Wildman–Crippen LogP) is 3.34. The van der Waals surface area contributed by atoms with Crippen LogP contribution in [0.1, 0.15) is 42.7 Å². The van der Waals surface area contributed by atoms with Crippen LogP contribution in [0.5, 0.6) is 0 Å². The van der Waals surface area contributed by atoms with Gasteiger partial charge in [0.15, 0.2) is 0 Å². The standard InChI is InChI=1S/C22H26N2O2/c1-24-20-10-8-17(14-18(20)9-11-21(24)25)19-5-3-2-4-15(19)12-13-23-22(26)16-6-7-16/h2-5,8,10,14-16,19H,6-7,9,11-13H2,1H3,(H,23,26). The van der Waals surface area contributed by atoms with Crippen LogP contribution < -0.4 is 10.2 Å². The number of carbonyl (C=O) groups excluding carboxylic acids is 2. The molecule has 0 radical (unpaired) electrons. The minimum absolute atomic E-state index is 0.190. The Morgan fingerprint density at radius 1 is 1.19 bits per heavy atom. The molecule has 1 N–H and O–H groups in total. The van der Waals surface area contributed by atoms with Gasteiger partial charge in [0, 0.05) is 37.5 Å². The van der Waals surface area contributed by atoms with Gasteiger partial charge in [-0.15, -0.1) is 0 Å². The smallest absolute Gasteiger partial charge is 0.227 e. The number of benzene rings is 1. The Labute approximate surface area is 155 Å². The predicted molar refractivity (Wildman–Crippen MR) is 103 cm³/mol. The third-order valence-corrected chi connectivity index (χ3v) is 5.81. The number of rotatable bonds is 5. The van der Waals surface area contributed by atoms with E-state index in [0.29, 0.717) is 18.3 Å². The maximum absolute atomic E-state index is 11.9. The lowest BCUT2D eigenvalue weighted by molar-refractivity contribution is -0.122. The summed E-state index contributed by atoms with van der Waals surface area (Å²) >= 11 is 0. The van der Waals surface area contributed by atoms with Crippen molar-refractivity contribution in [3.63, 3.8) is 0 Å². The Morgan fingerprint density at radius 3 is 2.81 bits per heavy atom. The van der Waals surface area contributed by atoms with E-state index in [1.807, 2.05) is 7.05 Å². The fraction of sp³-hybridized carbons (Fsp3) is 0.455. The molecule has 2 atom stereocenters. The molecular weight excluding hydrogens is 324 g/mol. The Hall–Kier alpha value is -2.36. The lowest BCUT2D eigenvalue weighted by Gasteiger charge is -2.29. The summed E-state index contributed by atoms with van der Waals surface area (Å²) < 4.78 is 0. The van der Waals surface area contributed by atoms with E-state index in [9.17, 15) is 9.59 Å². The SMILES string of the molecule is CN1C(=O)CCc2cc(C3C=CC=CC3CCNC(=O)C3CC3)ccc21. The van der Waals surface area contributed by atoms with Crippen LogP contribution in [0.2, 0.25) is 0 Å². The average molecular weight is 350 g/mol. The molecule has 1 heterocycles. The van der Waals surface area contributed by atoms with Gasteiger partial charge in [-0.3, -0.25) is 9.59 Å². The zero-order chi connectivity index (χ0) is 18.1. The molecular formula is C22H26N2O2. The van der Waals surface area contributed by atoms with Crippen LogP contribution in [0, 0.1) is 11.8 Å². The molecule has 2 unspecified atom stereocenters. The van der Waals surface area contributed by atoms with Crippen molar-refractivity contribution >= 4 is 17.5 Å². The monoisotopic (exact) mass is 350 g/mol. The first-order valence-corrected chi connectivity index (χ1v) is 9.65. The summed E-state index contributed by atoms with van der Waals surface area (Å²) in [5, 5.41) is 3.08. The van der Waals surface area contributed by atoms with Crippen molar-refractivity contribution in [2.24, 2.45) is 11.8 Å². The Kier molecular flexibility index (Phi) is 4.66. The van der Waals surface area contributed by atoms with E-state index in [4.69, 9.17) is 0 Å². The van der Waals surface area contributed by atoms with E-state index in [-0.39, 0.29) is 17.7 Å². The highest BCUT2D eigenvalue weighted by Crippen LogP contribution is 2.36. The molecule has 1 fully saturated rings. The summed E-state index contributed by atoms with van der Waals surface area (Å²) in [7, 11) is 1.86. The van der Waals surface area contributed by atoms with Gasteiger partial charge in [-0.25, -0.2) is 0 Å². The maximum atomic E-state index is 11.9. The number of hydrogen-bond donors (Lipinski definition) is 1. The number of fused-ring (bicyclic) bond motifs is 1. The van der Waals surface area contributed by atoms with Crippen LogP contribution >= 0.6 is 0 Å². The number of amides is 2. The first-order chi connectivity index (χ1) is 12.6. The van der Waals surface area contributed by atoms with E-state index in [0.717, 1.165) is 37.9 Å². The number of aryl methyl sites for hydroxylation is 1. The normalized spacial score (nSPS) is 24.5. The molecule has 1 aliphatic heterocycles. The third-order valence-electron chi connectivity index (χ3n) is 5.81. The van der Waals surface area contributed by atoms with Crippen LogP contribution in [0.3, 0.4) is 0 Å². The number of carbonyl (C=O) groups is 2. The Morgan fingerprint density at radius 2 is 2.00 bits per heavy atom. The number of nitrogens with zero attached hydrogens (tertiary/aromatic N) is 1. The second kappa shape index (κ2) is 7.10. The van der Waals surface area contributed by atoms with E-state index in [2.05, 4.69) is 47.8 Å². The number of anilines is 1. The molecule has 1 aromatic carbocycles. The van der Waals surface area contributed by atoms with Crippen LogP contribution in [-0.4, -0.2) is 25.4 Å². The van der Waals surface area contributed by atoms with Crippen molar-refractivity contribution in [3.05, 3.63) is 53.6 Å². The summed E-state index contributed by atoms with van der Waals surface area (Å²) in [6.45, 7) is 0.733. The summed E-state index contributed by atoms with van der Waals surface area (Å²) in [6.07, 6.45) is 13.2. The van der Waals surface area contributed by atoms with Crippen molar-refractivity contribution in [2.75, 3.05) is 18.5 Å². The van der Waals surface area contributed by atoms with Crippen LogP contribution in [0.25, 0.3) is 0 Å².